The van der Waals surface area contributed by atoms with Crippen molar-refractivity contribution in [3.63, 3.8) is 0 Å². The summed E-state index contributed by atoms with van der Waals surface area (Å²) in [5, 5.41) is 8.58. The molecule has 1 saturated carbocycles. The highest BCUT2D eigenvalue weighted by molar-refractivity contribution is 5.79. The van der Waals surface area contributed by atoms with Crippen LogP contribution in [-0.4, -0.2) is 53.7 Å². The maximum absolute atomic E-state index is 12.5. The zero-order chi connectivity index (χ0) is 15.2. The molecule has 1 aliphatic heterocycles. The lowest BCUT2D eigenvalue weighted by Crippen LogP contribution is -2.45. The molecule has 2 aliphatic rings. The molecule has 0 bridgehead atoms. The molecule has 120 valence electrons. The second-order valence-electron chi connectivity index (χ2n) is 6.16. The molecule has 21 heavy (non-hydrogen) atoms. The van der Waals surface area contributed by atoms with Crippen LogP contribution < -0.4 is 5.73 Å². The molecule has 2 atom stereocenters. The number of nitrogens with two attached hydrogens (primary N) is 1. The van der Waals surface area contributed by atoms with Gasteiger partial charge in [0.1, 0.15) is 0 Å². The van der Waals surface area contributed by atoms with Crippen LogP contribution >= 0.6 is 0 Å². The van der Waals surface area contributed by atoms with Crippen molar-refractivity contribution in [2.24, 2.45) is 11.7 Å². The third kappa shape index (κ3) is 4.97. The van der Waals surface area contributed by atoms with Crippen molar-refractivity contribution in [3.8, 4) is 0 Å². The fourth-order valence-corrected chi connectivity index (χ4v) is 3.27. The van der Waals surface area contributed by atoms with Gasteiger partial charge in [-0.25, -0.2) is 0 Å². The Morgan fingerprint density at radius 3 is 2.52 bits per heavy atom. The van der Waals surface area contributed by atoms with Gasteiger partial charge in [0.2, 0.25) is 5.91 Å². The zero-order valence-electron chi connectivity index (χ0n) is 12.5. The van der Waals surface area contributed by atoms with E-state index in [0.717, 1.165) is 38.5 Å². The fraction of sp³-hybridized carbons (Fsp3) is 0.867. The number of hydrogen-bond acceptors (Lipinski definition) is 4. The molecule has 0 aromatic heterocycles. The van der Waals surface area contributed by atoms with Crippen molar-refractivity contribution in [2.75, 3.05) is 19.7 Å². The number of aliphatic carboxylic acids is 1. The van der Waals surface area contributed by atoms with Crippen LogP contribution in [0, 0.1) is 5.92 Å². The minimum Gasteiger partial charge on any atom is -0.481 e. The summed E-state index contributed by atoms with van der Waals surface area (Å²) >= 11 is 0. The molecular formula is C15H26N2O4. The van der Waals surface area contributed by atoms with E-state index in [4.69, 9.17) is 15.6 Å². The molecule has 0 aromatic carbocycles. The molecule has 2 fully saturated rings. The van der Waals surface area contributed by atoms with E-state index in [-0.39, 0.29) is 37.0 Å². The van der Waals surface area contributed by atoms with E-state index in [2.05, 4.69) is 0 Å². The lowest BCUT2D eigenvalue weighted by molar-refractivity contribution is -0.140. The Bertz CT molecular complexity index is 367. The van der Waals surface area contributed by atoms with Gasteiger partial charge >= 0.3 is 5.97 Å². The number of amides is 1. The SMILES string of the molecule is NC1CCCC(C(=O)N2CCC(OCCC(=O)O)CC2)C1. The van der Waals surface area contributed by atoms with Crippen molar-refractivity contribution >= 4 is 11.9 Å². The Balaban J connectivity index is 1.70. The second kappa shape index (κ2) is 7.75. The lowest BCUT2D eigenvalue weighted by atomic mass is 9.85. The first-order chi connectivity index (χ1) is 10.1. The van der Waals surface area contributed by atoms with E-state index in [9.17, 15) is 9.59 Å². The second-order valence-corrected chi connectivity index (χ2v) is 6.16. The summed E-state index contributed by atoms with van der Waals surface area (Å²) in [5.41, 5.74) is 5.96. The summed E-state index contributed by atoms with van der Waals surface area (Å²) in [6, 6.07) is 0.171. The van der Waals surface area contributed by atoms with Gasteiger partial charge in [0.25, 0.3) is 0 Å². The number of rotatable bonds is 5. The smallest absolute Gasteiger partial charge is 0.305 e. The standard InChI is InChI=1S/C15H26N2O4/c16-12-3-1-2-11(10-12)15(20)17-7-4-13(5-8-17)21-9-6-14(18)19/h11-13H,1-10,16H2,(H,18,19). The maximum Gasteiger partial charge on any atom is 0.305 e. The summed E-state index contributed by atoms with van der Waals surface area (Å²) in [7, 11) is 0. The summed E-state index contributed by atoms with van der Waals surface area (Å²) in [4.78, 5) is 24.8. The number of nitrogens with zero attached hydrogens (tertiary/aromatic N) is 1. The normalized spacial score (nSPS) is 27.6. The minimum absolute atomic E-state index is 0.0408. The highest BCUT2D eigenvalue weighted by Crippen LogP contribution is 2.26. The van der Waals surface area contributed by atoms with Gasteiger partial charge in [-0.3, -0.25) is 9.59 Å². The van der Waals surface area contributed by atoms with Gasteiger partial charge in [-0.05, 0) is 32.1 Å². The van der Waals surface area contributed by atoms with E-state index in [1.165, 1.54) is 0 Å². The molecule has 0 radical (unpaired) electrons. The number of ether oxygens (including phenoxy) is 1. The quantitative estimate of drug-likeness (QED) is 0.789. The zero-order valence-corrected chi connectivity index (χ0v) is 12.5. The van der Waals surface area contributed by atoms with Crippen LogP contribution in [-0.2, 0) is 14.3 Å². The van der Waals surface area contributed by atoms with Crippen molar-refractivity contribution in [2.45, 2.75) is 57.1 Å². The summed E-state index contributed by atoms with van der Waals surface area (Å²) in [6.45, 7) is 1.68. The van der Waals surface area contributed by atoms with E-state index >= 15 is 0 Å². The van der Waals surface area contributed by atoms with Crippen LogP contribution in [0.4, 0.5) is 0 Å². The van der Waals surface area contributed by atoms with Gasteiger partial charge in [-0.1, -0.05) is 6.42 Å². The third-order valence-corrected chi connectivity index (χ3v) is 4.49. The van der Waals surface area contributed by atoms with Crippen molar-refractivity contribution in [1.29, 1.82) is 0 Å². The molecule has 1 saturated heterocycles. The number of carboxylic acid groups (broad SMARTS) is 1. The first kappa shape index (κ1) is 16.2. The largest absolute Gasteiger partial charge is 0.481 e. The first-order valence-electron chi connectivity index (χ1n) is 7.94. The lowest BCUT2D eigenvalue weighted by Gasteiger charge is -2.36. The summed E-state index contributed by atoms with van der Waals surface area (Å²) in [5.74, 6) is -0.497. The van der Waals surface area contributed by atoms with Crippen LogP contribution in [0.2, 0.25) is 0 Å². The van der Waals surface area contributed by atoms with Gasteiger partial charge in [-0.15, -0.1) is 0 Å². The Morgan fingerprint density at radius 2 is 1.90 bits per heavy atom. The monoisotopic (exact) mass is 298 g/mol. The predicted molar refractivity (Wildman–Crippen MR) is 77.7 cm³/mol. The highest BCUT2D eigenvalue weighted by Gasteiger charge is 2.31. The Hall–Kier alpha value is -1.14. The topological polar surface area (TPSA) is 92.9 Å². The molecule has 6 nitrogen and oxygen atoms in total. The van der Waals surface area contributed by atoms with Crippen molar-refractivity contribution < 1.29 is 19.4 Å². The number of hydrogen-bond donors (Lipinski definition) is 2. The molecule has 1 amide bonds. The van der Waals surface area contributed by atoms with Gasteiger partial charge < -0.3 is 20.5 Å². The minimum atomic E-state index is -0.837. The molecule has 6 heteroatoms. The molecule has 2 rings (SSSR count). The van der Waals surface area contributed by atoms with E-state index in [1.807, 2.05) is 4.90 Å². The van der Waals surface area contributed by atoms with Gasteiger partial charge in [0.05, 0.1) is 19.1 Å². The highest BCUT2D eigenvalue weighted by atomic mass is 16.5. The molecule has 3 N–H and O–H groups in total. The number of carbonyl (C=O) groups is 2. The molecule has 1 heterocycles. The average Bonchev–Trinajstić information content (AvgIpc) is 2.47. The molecule has 0 aromatic rings. The van der Waals surface area contributed by atoms with Gasteiger partial charge in [0.15, 0.2) is 0 Å². The summed E-state index contributed by atoms with van der Waals surface area (Å²) < 4.78 is 5.55. The van der Waals surface area contributed by atoms with Crippen LogP contribution in [0.25, 0.3) is 0 Å². The average molecular weight is 298 g/mol. The predicted octanol–water partition coefficient (Wildman–Crippen LogP) is 0.986. The van der Waals surface area contributed by atoms with Crippen LogP contribution in [0.1, 0.15) is 44.9 Å². The molecule has 1 aliphatic carbocycles. The number of piperidine rings is 1. The van der Waals surface area contributed by atoms with E-state index < -0.39 is 5.97 Å². The Morgan fingerprint density at radius 1 is 1.19 bits per heavy atom. The van der Waals surface area contributed by atoms with Gasteiger partial charge in [0, 0.05) is 25.0 Å². The third-order valence-electron chi connectivity index (χ3n) is 4.49. The number of carboxylic acids is 1. The maximum atomic E-state index is 12.5. The number of likely N-dealkylation sites (tertiary alicyclic amines) is 1. The summed E-state index contributed by atoms with van der Waals surface area (Å²) in [6.07, 6.45) is 5.57. The van der Waals surface area contributed by atoms with Crippen LogP contribution in [0.15, 0.2) is 0 Å². The van der Waals surface area contributed by atoms with Crippen LogP contribution in [0.3, 0.4) is 0 Å². The Labute approximate surface area is 125 Å². The van der Waals surface area contributed by atoms with E-state index in [1.54, 1.807) is 0 Å². The first-order valence-corrected chi connectivity index (χ1v) is 7.94. The number of carbonyl (C=O) groups excluding carboxylic acids is 1. The fourth-order valence-electron chi connectivity index (χ4n) is 3.27. The molecule has 0 spiro atoms. The van der Waals surface area contributed by atoms with Gasteiger partial charge in [-0.2, -0.15) is 0 Å². The molecule has 2 unspecified atom stereocenters. The van der Waals surface area contributed by atoms with Crippen LogP contribution in [0.5, 0.6) is 0 Å². The van der Waals surface area contributed by atoms with Crippen molar-refractivity contribution in [3.05, 3.63) is 0 Å². The van der Waals surface area contributed by atoms with Crippen molar-refractivity contribution in [1.82, 2.24) is 4.90 Å². The molecular weight excluding hydrogens is 272 g/mol. The Kier molecular flexibility index (Phi) is 5.99. The van der Waals surface area contributed by atoms with E-state index in [0.29, 0.717) is 13.1 Å².